The molecule has 132 valence electrons. The molecule has 0 unspecified atom stereocenters. The molecule has 0 heterocycles. The molecule has 0 spiro atoms. The Morgan fingerprint density at radius 3 is 2.20 bits per heavy atom. The third-order valence-corrected chi connectivity index (χ3v) is 3.45. The minimum atomic E-state index is -0.422. The molecule has 0 aromatic heterocycles. The smallest absolute Gasteiger partial charge is 0.343 e. The molecule has 6 heteroatoms. The van der Waals surface area contributed by atoms with Crippen molar-refractivity contribution < 1.29 is 23.8 Å². The van der Waals surface area contributed by atoms with E-state index in [-0.39, 0.29) is 6.61 Å². The van der Waals surface area contributed by atoms with Gasteiger partial charge in [0.2, 0.25) is 0 Å². The van der Waals surface area contributed by atoms with Gasteiger partial charge in [-0.2, -0.15) is 0 Å². The molecular formula is C19H21NO5. The number of methoxy groups -OCH3 is 2. The van der Waals surface area contributed by atoms with Crippen LogP contribution in [0.2, 0.25) is 0 Å². The summed E-state index contributed by atoms with van der Waals surface area (Å²) in [5.41, 5.74) is 2.65. The lowest BCUT2D eigenvalue weighted by atomic mass is 10.1. The van der Waals surface area contributed by atoms with E-state index in [0.717, 1.165) is 22.6 Å². The summed E-state index contributed by atoms with van der Waals surface area (Å²) in [6.45, 7) is 2.12. The lowest BCUT2D eigenvalue weighted by molar-refractivity contribution is -0.142. The van der Waals surface area contributed by atoms with Crippen LogP contribution in [0.1, 0.15) is 18.1 Å². The van der Waals surface area contributed by atoms with Crippen molar-refractivity contribution in [1.29, 1.82) is 0 Å². The van der Waals surface area contributed by atoms with Crippen LogP contribution in [0.4, 0.5) is 0 Å². The number of oxime groups is 1. The first-order valence-corrected chi connectivity index (χ1v) is 7.72. The summed E-state index contributed by atoms with van der Waals surface area (Å²) in [5.74, 6) is 0.966. The predicted molar refractivity (Wildman–Crippen MR) is 93.9 cm³/mol. The summed E-state index contributed by atoms with van der Waals surface area (Å²) in [4.78, 5) is 16.4. The highest BCUT2D eigenvalue weighted by atomic mass is 16.6. The number of hydrogen-bond donors (Lipinski definition) is 0. The number of hydrogen-bond acceptors (Lipinski definition) is 6. The molecule has 2 rings (SSSR count). The second-order valence-corrected chi connectivity index (χ2v) is 5.19. The highest BCUT2D eigenvalue weighted by molar-refractivity contribution is 5.98. The minimum Gasteiger partial charge on any atom is -0.497 e. The highest BCUT2D eigenvalue weighted by Crippen LogP contribution is 2.14. The van der Waals surface area contributed by atoms with E-state index in [1.807, 2.05) is 43.3 Å². The molecule has 0 saturated heterocycles. The van der Waals surface area contributed by atoms with Crippen molar-refractivity contribution in [3.63, 3.8) is 0 Å². The third kappa shape index (κ3) is 5.84. The summed E-state index contributed by atoms with van der Waals surface area (Å²) < 4.78 is 14.9. The van der Waals surface area contributed by atoms with Crippen molar-refractivity contribution in [2.75, 3.05) is 20.8 Å². The number of esters is 1. The Balaban J connectivity index is 1.87. The number of ether oxygens (including phenoxy) is 3. The average molecular weight is 343 g/mol. The van der Waals surface area contributed by atoms with Gasteiger partial charge in [-0.1, -0.05) is 17.3 Å². The van der Waals surface area contributed by atoms with Crippen molar-refractivity contribution >= 4 is 11.7 Å². The first-order chi connectivity index (χ1) is 12.1. The maximum Gasteiger partial charge on any atom is 0.343 e. The van der Waals surface area contributed by atoms with Gasteiger partial charge in [0, 0.05) is 0 Å². The zero-order chi connectivity index (χ0) is 18.1. The van der Waals surface area contributed by atoms with Gasteiger partial charge in [-0.05, 0) is 54.4 Å². The maximum atomic E-state index is 11.0. The predicted octanol–water partition coefficient (Wildman–Crippen LogP) is 3.19. The Labute approximate surface area is 147 Å². The van der Waals surface area contributed by atoms with Gasteiger partial charge < -0.3 is 19.0 Å². The molecule has 0 N–H and O–H groups in total. The topological polar surface area (TPSA) is 66.4 Å². The van der Waals surface area contributed by atoms with E-state index in [1.54, 1.807) is 19.2 Å². The zero-order valence-electron chi connectivity index (χ0n) is 14.5. The van der Waals surface area contributed by atoms with Gasteiger partial charge in [0.05, 0.1) is 19.9 Å². The molecule has 0 bridgehead atoms. The van der Waals surface area contributed by atoms with Crippen molar-refractivity contribution in [3.05, 3.63) is 59.7 Å². The quantitative estimate of drug-likeness (QED) is 0.418. The lowest BCUT2D eigenvalue weighted by Gasteiger charge is -2.06. The summed E-state index contributed by atoms with van der Waals surface area (Å²) in [7, 11) is 2.95. The van der Waals surface area contributed by atoms with Crippen LogP contribution >= 0.6 is 0 Å². The summed E-state index contributed by atoms with van der Waals surface area (Å²) in [6, 6.07) is 14.8. The molecule has 0 saturated carbocycles. The van der Waals surface area contributed by atoms with Crippen LogP contribution in [0.3, 0.4) is 0 Å². The zero-order valence-corrected chi connectivity index (χ0v) is 14.5. The Hall–Kier alpha value is -3.02. The molecule has 25 heavy (non-hydrogen) atoms. The van der Waals surface area contributed by atoms with Crippen molar-refractivity contribution in [2.24, 2.45) is 5.16 Å². The number of carbonyl (C=O) groups excluding carboxylic acids is 1. The van der Waals surface area contributed by atoms with Crippen molar-refractivity contribution in [1.82, 2.24) is 0 Å². The van der Waals surface area contributed by atoms with Crippen LogP contribution in [0, 0.1) is 0 Å². The Bertz CT molecular complexity index is 708. The van der Waals surface area contributed by atoms with Crippen molar-refractivity contribution in [2.45, 2.75) is 13.5 Å². The molecule has 2 aromatic carbocycles. The largest absolute Gasteiger partial charge is 0.497 e. The molecule has 6 nitrogen and oxygen atoms in total. The van der Waals surface area contributed by atoms with Gasteiger partial charge in [-0.25, -0.2) is 4.79 Å². The molecular weight excluding hydrogens is 322 g/mol. The van der Waals surface area contributed by atoms with E-state index >= 15 is 0 Å². The Morgan fingerprint density at radius 2 is 1.60 bits per heavy atom. The molecule has 0 atom stereocenters. The van der Waals surface area contributed by atoms with Gasteiger partial charge >= 0.3 is 5.97 Å². The standard InChI is InChI=1S/C19H21NO5/c1-14(20-25-12-15-4-8-17(22-2)9-5-15)16-6-10-18(11-7-16)24-13-19(21)23-3/h4-11H,12-13H2,1-3H3. The maximum absolute atomic E-state index is 11.0. The summed E-state index contributed by atoms with van der Waals surface area (Å²) in [6.07, 6.45) is 0. The summed E-state index contributed by atoms with van der Waals surface area (Å²) >= 11 is 0. The minimum absolute atomic E-state index is 0.117. The lowest BCUT2D eigenvalue weighted by Crippen LogP contribution is -2.12. The highest BCUT2D eigenvalue weighted by Gasteiger charge is 2.03. The van der Waals surface area contributed by atoms with E-state index in [2.05, 4.69) is 9.89 Å². The molecule has 0 aliphatic heterocycles. The fourth-order valence-corrected chi connectivity index (χ4v) is 1.97. The number of benzene rings is 2. The average Bonchev–Trinajstić information content (AvgIpc) is 2.66. The van der Waals surface area contributed by atoms with Gasteiger partial charge in [-0.3, -0.25) is 0 Å². The number of rotatable bonds is 8. The van der Waals surface area contributed by atoms with E-state index in [1.165, 1.54) is 7.11 Å². The second-order valence-electron chi connectivity index (χ2n) is 5.19. The second kappa shape index (κ2) is 9.32. The molecule has 0 fully saturated rings. The fourth-order valence-electron chi connectivity index (χ4n) is 1.97. The van der Waals surface area contributed by atoms with Gasteiger partial charge in [-0.15, -0.1) is 0 Å². The first-order valence-electron chi connectivity index (χ1n) is 7.72. The normalized spacial score (nSPS) is 10.9. The fraction of sp³-hybridized carbons (Fsp3) is 0.263. The molecule has 0 radical (unpaired) electrons. The molecule has 0 aliphatic carbocycles. The molecule has 0 aliphatic rings. The van der Waals surface area contributed by atoms with E-state index < -0.39 is 5.97 Å². The monoisotopic (exact) mass is 343 g/mol. The van der Waals surface area contributed by atoms with Crippen LogP contribution in [0.15, 0.2) is 53.7 Å². The van der Waals surface area contributed by atoms with Crippen LogP contribution in [0.25, 0.3) is 0 Å². The van der Waals surface area contributed by atoms with Gasteiger partial charge in [0.25, 0.3) is 0 Å². The van der Waals surface area contributed by atoms with E-state index in [9.17, 15) is 4.79 Å². The molecule has 2 aromatic rings. The van der Waals surface area contributed by atoms with E-state index in [4.69, 9.17) is 14.3 Å². The van der Waals surface area contributed by atoms with E-state index in [0.29, 0.717) is 12.4 Å². The van der Waals surface area contributed by atoms with Gasteiger partial charge in [0.1, 0.15) is 18.1 Å². The SMILES string of the molecule is COC(=O)COc1ccc(C(C)=NOCc2ccc(OC)cc2)cc1. The number of nitrogens with zero attached hydrogens (tertiary/aromatic N) is 1. The van der Waals surface area contributed by atoms with Crippen molar-refractivity contribution in [3.8, 4) is 11.5 Å². The number of carbonyl (C=O) groups is 1. The van der Waals surface area contributed by atoms with Crippen LogP contribution in [0.5, 0.6) is 11.5 Å². The summed E-state index contributed by atoms with van der Waals surface area (Å²) in [5, 5.41) is 4.12. The Kier molecular flexibility index (Phi) is 6.83. The van der Waals surface area contributed by atoms with Crippen LogP contribution < -0.4 is 9.47 Å². The molecule has 0 amide bonds. The first kappa shape index (κ1) is 18.3. The van der Waals surface area contributed by atoms with Crippen LogP contribution in [-0.2, 0) is 21.0 Å². The van der Waals surface area contributed by atoms with Gasteiger partial charge in [0.15, 0.2) is 6.61 Å². The third-order valence-electron chi connectivity index (χ3n) is 3.45. The van der Waals surface area contributed by atoms with Crippen LogP contribution in [-0.4, -0.2) is 32.5 Å². The Morgan fingerprint density at radius 1 is 0.960 bits per heavy atom.